The zero-order valence-electron chi connectivity index (χ0n) is 3.73. The van der Waals surface area contributed by atoms with E-state index in [1.54, 1.807) is 6.92 Å². The zero-order valence-corrected chi connectivity index (χ0v) is 3.73. The van der Waals surface area contributed by atoms with Gasteiger partial charge < -0.3 is 0 Å². The molecule has 0 aromatic rings. The fourth-order valence-corrected chi connectivity index (χ4v) is 0.110. The van der Waals surface area contributed by atoms with Crippen molar-refractivity contribution in [3.8, 4) is 6.07 Å². The Morgan fingerprint density at radius 3 is 2.50 bits per heavy atom. The van der Waals surface area contributed by atoms with Crippen LogP contribution < -0.4 is 0 Å². The van der Waals surface area contributed by atoms with Crippen LogP contribution in [0.2, 0.25) is 0 Å². The summed E-state index contributed by atoms with van der Waals surface area (Å²) in [7, 11) is 0. The lowest BCUT2D eigenvalue weighted by Crippen LogP contribution is -1.56. The summed E-state index contributed by atoms with van der Waals surface area (Å²) in [4.78, 5) is 0. The van der Waals surface area contributed by atoms with Crippen LogP contribution in [0.3, 0.4) is 0 Å². The predicted octanol–water partition coefficient (Wildman–Crippen LogP) is 1.29. The smallest absolute Gasteiger partial charge is 0.0911 e. The molecule has 31 valence electrons. The minimum Gasteiger partial charge on any atom is -0.193 e. The Kier molecular flexibility index (Phi) is 2.15. The number of rotatable bonds is 0. The Morgan fingerprint density at radius 1 is 2.00 bits per heavy atom. The Morgan fingerprint density at radius 2 is 2.50 bits per heavy atom. The molecule has 6 heavy (non-hydrogen) atoms. The molecule has 0 saturated heterocycles. The monoisotopic (exact) mass is 80.1 g/mol. The summed E-state index contributed by atoms with van der Waals surface area (Å²) in [5.74, 6) is 0. The normalized spacial score (nSPS) is 10.5. The lowest BCUT2D eigenvalue weighted by Gasteiger charge is -1.71. The van der Waals surface area contributed by atoms with Crippen molar-refractivity contribution in [1.29, 1.82) is 5.26 Å². The minimum absolute atomic E-state index is 0.803. The van der Waals surface area contributed by atoms with Crippen molar-refractivity contribution in [3.05, 3.63) is 18.6 Å². The van der Waals surface area contributed by atoms with E-state index in [9.17, 15) is 0 Å². The molecule has 0 heterocycles. The van der Waals surface area contributed by atoms with Gasteiger partial charge in [-0.1, -0.05) is 5.57 Å². The second-order valence-electron chi connectivity index (χ2n) is 1.12. The summed E-state index contributed by atoms with van der Waals surface area (Å²) < 4.78 is 0. The van der Waals surface area contributed by atoms with Crippen molar-refractivity contribution in [2.45, 2.75) is 6.92 Å². The molecular formula is C5H6N. The van der Waals surface area contributed by atoms with Crippen LogP contribution in [0.1, 0.15) is 6.92 Å². The van der Waals surface area contributed by atoms with E-state index in [4.69, 9.17) is 5.26 Å². The Hall–Kier alpha value is -0.770. The van der Waals surface area contributed by atoms with E-state index < -0.39 is 0 Å². The largest absolute Gasteiger partial charge is 0.193 e. The molecule has 1 radical (unpaired) electrons. The molecule has 0 fully saturated rings. The van der Waals surface area contributed by atoms with Crippen molar-refractivity contribution < 1.29 is 0 Å². The van der Waals surface area contributed by atoms with Crippen LogP contribution in [0.4, 0.5) is 0 Å². The fraction of sp³-hybridized carbons (Fsp3) is 0.200. The second-order valence-corrected chi connectivity index (χ2v) is 1.12. The third kappa shape index (κ3) is 3.23. The number of hydrogen-bond acceptors (Lipinski definition) is 1. The maximum Gasteiger partial charge on any atom is 0.0911 e. The molecule has 0 aliphatic heterocycles. The van der Waals surface area contributed by atoms with Crippen LogP contribution in [0.25, 0.3) is 0 Å². The van der Waals surface area contributed by atoms with E-state index in [1.165, 1.54) is 6.08 Å². The van der Waals surface area contributed by atoms with Gasteiger partial charge in [-0.2, -0.15) is 5.26 Å². The minimum atomic E-state index is 0.803. The van der Waals surface area contributed by atoms with Crippen LogP contribution in [0.5, 0.6) is 0 Å². The SMILES string of the molecule is [CH2]C(C)=CC#N. The highest BCUT2D eigenvalue weighted by molar-refractivity contribution is 5.12. The molecule has 0 bridgehead atoms. The number of hydrogen-bond donors (Lipinski definition) is 0. The molecule has 0 aromatic heterocycles. The van der Waals surface area contributed by atoms with E-state index in [0.29, 0.717) is 0 Å². The predicted molar refractivity (Wildman–Crippen MR) is 24.7 cm³/mol. The van der Waals surface area contributed by atoms with Crippen molar-refractivity contribution in [3.63, 3.8) is 0 Å². The standard InChI is InChI=1S/C5H6N/c1-5(2)3-4-6/h3H,1H2,2H3. The fourth-order valence-electron chi connectivity index (χ4n) is 0.110. The summed E-state index contributed by atoms with van der Waals surface area (Å²) in [6, 6.07) is 1.84. The molecule has 0 aromatic carbocycles. The summed E-state index contributed by atoms with van der Waals surface area (Å²) in [5.41, 5.74) is 0.803. The first-order chi connectivity index (χ1) is 2.77. The summed E-state index contributed by atoms with van der Waals surface area (Å²) in [6.45, 7) is 5.25. The highest BCUT2D eigenvalue weighted by Gasteiger charge is 1.66. The first-order valence-corrected chi connectivity index (χ1v) is 1.65. The van der Waals surface area contributed by atoms with Crippen LogP contribution in [-0.2, 0) is 0 Å². The third-order valence-corrected chi connectivity index (χ3v) is 0.311. The van der Waals surface area contributed by atoms with Gasteiger partial charge in [-0.25, -0.2) is 0 Å². The van der Waals surface area contributed by atoms with Crippen molar-refractivity contribution in [1.82, 2.24) is 0 Å². The molecule has 0 saturated carbocycles. The van der Waals surface area contributed by atoms with Crippen LogP contribution >= 0.6 is 0 Å². The Bertz CT molecular complexity index is 91.0. The van der Waals surface area contributed by atoms with E-state index in [0.717, 1.165) is 5.57 Å². The molecule has 0 spiro atoms. The molecule has 0 rings (SSSR count). The first kappa shape index (κ1) is 5.23. The maximum atomic E-state index is 7.87. The van der Waals surface area contributed by atoms with Gasteiger partial charge in [0.2, 0.25) is 0 Å². The average Bonchev–Trinajstić information content (AvgIpc) is 1.35. The summed E-state index contributed by atoms with van der Waals surface area (Å²) in [5, 5.41) is 7.87. The topological polar surface area (TPSA) is 23.8 Å². The zero-order chi connectivity index (χ0) is 4.99. The van der Waals surface area contributed by atoms with E-state index in [-0.39, 0.29) is 0 Å². The molecule has 0 amide bonds. The van der Waals surface area contributed by atoms with Crippen LogP contribution in [0, 0.1) is 18.3 Å². The van der Waals surface area contributed by atoms with Gasteiger partial charge in [0.15, 0.2) is 0 Å². The Balaban J connectivity index is 3.51. The van der Waals surface area contributed by atoms with Gasteiger partial charge in [0, 0.05) is 6.08 Å². The van der Waals surface area contributed by atoms with Gasteiger partial charge in [-0.15, -0.1) is 0 Å². The molecule has 0 atom stereocenters. The lowest BCUT2D eigenvalue weighted by molar-refractivity contribution is 1.49. The van der Waals surface area contributed by atoms with Gasteiger partial charge in [0.1, 0.15) is 0 Å². The van der Waals surface area contributed by atoms with Crippen molar-refractivity contribution in [2.75, 3.05) is 0 Å². The molecule has 1 nitrogen and oxygen atoms in total. The number of allylic oxidation sites excluding steroid dienone is 2. The number of nitriles is 1. The van der Waals surface area contributed by atoms with E-state index >= 15 is 0 Å². The molecule has 0 N–H and O–H groups in total. The van der Waals surface area contributed by atoms with Crippen LogP contribution in [0.15, 0.2) is 11.6 Å². The van der Waals surface area contributed by atoms with Gasteiger partial charge >= 0.3 is 0 Å². The third-order valence-electron chi connectivity index (χ3n) is 0.311. The molecule has 1 heteroatoms. The van der Waals surface area contributed by atoms with Gasteiger partial charge in [-0.05, 0) is 13.8 Å². The van der Waals surface area contributed by atoms with Crippen molar-refractivity contribution >= 4 is 0 Å². The first-order valence-electron chi connectivity index (χ1n) is 1.65. The van der Waals surface area contributed by atoms with E-state index in [2.05, 4.69) is 6.92 Å². The van der Waals surface area contributed by atoms with Crippen LogP contribution in [-0.4, -0.2) is 0 Å². The Labute approximate surface area is 37.9 Å². The number of nitrogens with zero attached hydrogens (tertiary/aromatic N) is 1. The van der Waals surface area contributed by atoms with Crippen molar-refractivity contribution in [2.24, 2.45) is 0 Å². The highest BCUT2D eigenvalue weighted by atomic mass is 14.2. The van der Waals surface area contributed by atoms with Gasteiger partial charge in [0.25, 0.3) is 0 Å². The van der Waals surface area contributed by atoms with Gasteiger partial charge in [0.05, 0.1) is 6.07 Å². The van der Waals surface area contributed by atoms with Gasteiger partial charge in [-0.3, -0.25) is 0 Å². The summed E-state index contributed by atoms with van der Waals surface area (Å²) >= 11 is 0. The average molecular weight is 80.1 g/mol. The highest BCUT2D eigenvalue weighted by Crippen LogP contribution is 1.81. The molecule has 0 aliphatic carbocycles. The van der Waals surface area contributed by atoms with E-state index in [1.807, 2.05) is 6.07 Å². The second kappa shape index (κ2) is 2.47. The molecule has 0 aliphatic rings. The molecule has 0 unspecified atom stereocenters. The molecular weight excluding hydrogens is 74.1 g/mol. The maximum absolute atomic E-state index is 7.87. The quantitative estimate of drug-likeness (QED) is 0.402. The lowest BCUT2D eigenvalue weighted by atomic mass is 10.3. The summed E-state index contributed by atoms with van der Waals surface area (Å²) in [6.07, 6.45) is 1.40.